The highest BCUT2D eigenvalue weighted by molar-refractivity contribution is 5.66. The van der Waals surface area contributed by atoms with Crippen LogP contribution in [0, 0.1) is 0 Å². The molecule has 0 spiro atoms. The van der Waals surface area contributed by atoms with Crippen molar-refractivity contribution in [2.24, 2.45) is 0 Å². The van der Waals surface area contributed by atoms with E-state index in [1.165, 1.54) is 4.90 Å². The Balaban J connectivity index is 1.82. The van der Waals surface area contributed by atoms with E-state index in [4.69, 9.17) is 15.6 Å². The van der Waals surface area contributed by atoms with Crippen molar-refractivity contribution in [2.45, 2.75) is 19.7 Å². The SMILES string of the molecule is Nc1nc2c(c(OCc3ccccn3)n1)CN(C(=O)O)C2. The van der Waals surface area contributed by atoms with Gasteiger partial charge >= 0.3 is 6.09 Å². The third-order valence-corrected chi connectivity index (χ3v) is 3.12. The number of pyridine rings is 1. The fourth-order valence-electron chi connectivity index (χ4n) is 2.12. The number of nitrogens with two attached hydrogens (primary N) is 1. The standard InChI is InChI=1S/C13H13N5O3/c14-12-16-10-6-18(13(19)20)5-9(10)11(17-12)21-7-8-3-1-2-4-15-8/h1-4H,5-7H2,(H,19,20)(H2,14,16,17). The van der Waals surface area contributed by atoms with Crippen molar-refractivity contribution < 1.29 is 14.6 Å². The number of nitrogens with zero attached hydrogens (tertiary/aromatic N) is 4. The summed E-state index contributed by atoms with van der Waals surface area (Å²) in [7, 11) is 0. The zero-order valence-electron chi connectivity index (χ0n) is 11.1. The largest absolute Gasteiger partial charge is 0.471 e. The summed E-state index contributed by atoms with van der Waals surface area (Å²) in [4.78, 5) is 24.5. The number of carboxylic acid groups (broad SMARTS) is 1. The van der Waals surface area contributed by atoms with Crippen molar-refractivity contribution in [3.05, 3.63) is 41.3 Å². The fraction of sp³-hybridized carbons (Fsp3) is 0.231. The molecule has 1 amide bonds. The molecule has 0 aliphatic carbocycles. The Labute approximate surface area is 120 Å². The topological polar surface area (TPSA) is 114 Å². The van der Waals surface area contributed by atoms with E-state index in [9.17, 15) is 4.79 Å². The van der Waals surface area contributed by atoms with Crippen molar-refractivity contribution in [3.8, 4) is 5.88 Å². The number of hydrogen-bond donors (Lipinski definition) is 2. The Hall–Kier alpha value is -2.90. The molecule has 0 saturated carbocycles. The van der Waals surface area contributed by atoms with Crippen LogP contribution < -0.4 is 10.5 Å². The smallest absolute Gasteiger partial charge is 0.407 e. The second-order valence-corrected chi connectivity index (χ2v) is 4.56. The lowest BCUT2D eigenvalue weighted by molar-refractivity contribution is 0.144. The number of rotatable bonds is 3. The van der Waals surface area contributed by atoms with Crippen molar-refractivity contribution in [1.29, 1.82) is 0 Å². The van der Waals surface area contributed by atoms with E-state index in [1.807, 2.05) is 18.2 Å². The van der Waals surface area contributed by atoms with Gasteiger partial charge in [0.2, 0.25) is 11.8 Å². The van der Waals surface area contributed by atoms with Gasteiger partial charge in [0.25, 0.3) is 0 Å². The number of carbonyl (C=O) groups is 1. The van der Waals surface area contributed by atoms with E-state index in [-0.39, 0.29) is 25.6 Å². The minimum atomic E-state index is -1.01. The fourth-order valence-corrected chi connectivity index (χ4v) is 2.12. The lowest BCUT2D eigenvalue weighted by Crippen LogP contribution is -2.22. The van der Waals surface area contributed by atoms with Gasteiger partial charge in [-0.15, -0.1) is 0 Å². The van der Waals surface area contributed by atoms with Gasteiger partial charge in [0.1, 0.15) is 6.61 Å². The van der Waals surface area contributed by atoms with E-state index in [1.54, 1.807) is 6.20 Å². The monoisotopic (exact) mass is 287 g/mol. The summed E-state index contributed by atoms with van der Waals surface area (Å²) in [6.45, 7) is 0.622. The van der Waals surface area contributed by atoms with E-state index >= 15 is 0 Å². The van der Waals surface area contributed by atoms with Gasteiger partial charge in [-0.2, -0.15) is 4.98 Å². The van der Waals surface area contributed by atoms with Gasteiger partial charge in [0, 0.05) is 6.20 Å². The summed E-state index contributed by atoms with van der Waals surface area (Å²) in [5, 5.41) is 9.05. The molecule has 8 heteroatoms. The van der Waals surface area contributed by atoms with Crippen LogP contribution in [0.1, 0.15) is 17.0 Å². The highest BCUT2D eigenvalue weighted by Gasteiger charge is 2.28. The number of ether oxygens (including phenoxy) is 1. The molecule has 1 aliphatic rings. The summed E-state index contributed by atoms with van der Waals surface area (Å²) in [6.07, 6.45) is 0.658. The molecular weight excluding hydrogens is 274 g/mol. The van der Waals surface area contributed by atoms with Crippen molar-refractivity contribution in [1.82, 2.24) is 19.9 Å². The van der Waals surface area contributed by atoms with Crippen LogP contribution in [0.4, 0.5) is 10.7 Å². The third-order valence-electron chi connectivity index (χ3n) is 3.12. The lowest BCUT2D eigenvalue weighted by Gasteiger charge is -2.10. The number of nitrogen functional groups attached to an aromatic ring is 1. The van der Waals surface area contributed by atoms with Crippen molar-refractivity contribution in [3.63, 3.8) is 0 Å². The molecule has 8 nitrogen and oxygen atoms in total. The minimum Gasteiger partial charge on any atom is -0.471 e. The molecule has 0 radical (unpaired) electrons. The van der Waals surface area contributed by atoms with E-state index in [2.05, 4.69) is 15.0 Å². The molecule has 21 heavy (non-hydrogen) atoms. The van der Waals surface area contributed by atoms with Gasteiger partial charge in [-0.3, -0.25) is 9.88 Å². The normalized spacial score (nSPS) is 13.0. The van der Waals surface area contributed by atoms with E-state index < -0.39 is 6.09 Å². The molecule has 1 aliphatic heterocycles. The second kappa shape index (κ2) is 5.23. The number of hydrogen-bond acceptors (Lipinski definition) is 6. The highest BCUT2D eigenvalue weighted by Crippen LogP contribution is 2.29. The number of aromatic nitrogens is 3. The summed E-state index contributed by atoms with van der Waals surface area (Å²) >= 11 is 0. The predicted octanol–water partition coefficient (Wildman–Crippen LogP) is 1.03. The molecular formula is C13H13N5O3. The van der Waals surface area contributed by atoms with Crippen LogP contribution in [0.15, 0.2) is 24.4 Å². The quantitative estimate of drug-likeness (QED) is 0.866. The van der Waals surface area contributed by atoms with Crippen molar-refractivity contribution >= 4 is 12.0 Å². The maximum Gasteiger partial charge on any atom is 0.407 e. The molecule has 3 heterocycles. The van der Waals surface area contributed by atoms with Crippen LogP contribution in [-0.2, 0) is 19.7 Å². The summed E-state index contributed by atoms with van der Waals surface area (Å²) < 4.78 is 5.63. The maximum atomic E-state index is 11.0. The Morgan fingerprint density at radius 1 is 1.38 bits per heavy atom. The highest BCUT2D eigenvalue weighted by atomic mass is 16.5. The van der Waals surface area contributed by atoms with Crippen LogP contribution in [0.2, 0.25) is 0 Å². The van der Waals surface area contributed by atoms with Crippen LogP contribution in [0.5, 0.6) is 5.88 Å². The first-order chi connectivity index (χ1) is 10.1. The Morgan fingerprint density at radius 3 is 2.95 bits per heavy atom. The second-order valence-electron chi connectivity index (χ2n) is 4.56. The summed E-state index contributed by atoms with van der Waals surface area (Å²) in [5.74, 6) is 0.379. The molecule has 3 N–H and O–H groups in total. The maximum absolute atomic E-state index is 11.0. The van der Waals surface area contributed by atoms with Crippen LogP contribution >= 0.6 is 0 Å². The number of amides is 1. The zero-order chi connectivity index (χ0) is 14.8. The first-order valence-electron chi connectivity index (χ1n) is 6.29. The molecule has 0 atom stereocenters. The van der Waals surface area contributed by atoms with Crippen LogP contribution in [-0.4, -0.2) is 31.1 Å². The van der Waals surface area contributed by atoms with Gasteiger partial charge in [-0.25, -0.2) is 9.78 Å². The predicted molar refractivity (Wildman–Crippen MR) is 72.3 cm³/mol. The summed E-state index contributed by atoms with van der Waals surface area (Å²) in [6, 6.07) is 5.50. The van der Waals surface area contributed by atoms with Crippen LogP contribution in [0.3, 0.4) is 0 Å². The molecule has 2 aromatic rings. The average molecular weight is 287 g/mol. The third kappa shape index (κ3) is 2.69. The van der Waals surface area contributed by atoms with Gasteiger partial charge in [-0.1, -0.05) is 6.07 Å². The molecule has 3 rings (SSSR count). The molecule has 0 bridgehead atoms. The van der Waals surface area contributed by atoms with Crippen molar-refractivity contribution in [2.75, 3.05) is 5.73 Å². The number of fused-ring (bicyclic) bond motifs is 1. The molecule has 0 saturated heterocycles. The Bertz CT molecular complexity index is 677. The molecule has 108 valence electrons. The van der Waals surface area contributed by atoms with Crippen LogP contribution in [0.25, 0.3) is 0 Å². The first kappa shape index (κ1) is 13.1. The average Bonchev–Trinajstić information content (AvgIpc) is 2.90. The van der Waals surface area contributed by atoms with E-state index in [0.717, 1.165) is 5.69 Å². The molecule has 0 unspecified atom stereocenters. The van der Waals surface area contributed by atoms with Gasteiger partial charge in [-0.05, 0) is 12.1 Å². The first-order valence-corrected chi connectivity index (χ1v) is 6.29. The van der Waals surface area contributed by atoms with Gasteiger partial charge < -0.3 is 15.6 Å². The molecule has 2 aromatic heterocycles. The van der Waals surface area contributed by atoms with Gasteiger partial charge in [0.05, 0.1) is 30.0 Å². The minimum absolute atomic E-state index is 0.0667. The van der Waals surface area contributed by atoms with Gasteiger partial charge in [0.15, 0.2) is 0 Å². The Morgan fingerprint density at radius 2 is 2.24 bits per heavy atom. The Kier molecular flexibility index (Phi) is 3.27. The zero-order valence-corrected chi connectivity index (χ0v) is 11.1. The lowest BCUT2D eigenvalue weighted by atomic mass is 10.2. The summed E-state index contributed by atoms with van der Waals surface area (Å²) in [5.41, 5.74) is 7.62. The number of anilines is 1. The van der Waals surface area contributed by atoms with E-state index in [0.29, 0.717) is 17.1 Å². The molecule has 0 fully saturated rings. The molecule has 0 aromatic carbocycles.